The molecule has 0 saturated carbocycles. The third-order valence-electron chi connectivity index (χ3n) is 4.76. The molecule has 140 valence electrons. The molecular formula is C19H21N5O3. The summed E-state index contributed by atoms with van der Waals surface area (Å²) in [7, 11) is 0. The molecule has 8 nitrogen and oxygen atoms in total. The van der Waals surface area contributed by atoms with Crippen LogP contribution in [0.3, 0.4) is 0 Å². The normalized spacial score (nSPS) is 15.6. The van der Waals surface area contributed by atoms with E-state index in [2.05, 4.69) is 15.2 Å². The van der Waals surface area contributed by atoms with Gasteiger partial charge in [0.1, 0.15) is 11.5 Å². The number of nitrogens with zero attached hydrogens (tertiary/aromatic N) is 5. The Balaban J connectivity index is 1.61. The van der Waals surface area contributed by atoms with Crippen LogP contribution in [-0.4, -0.2) is 43.7 Å². The van der Waals surface area contributed by atoms with Gasteiger partial charge in [-0.1, -0.05) is 5.16 Å². The molecule has 0 aliphatic carbocycles. The minimum Gasteiger partial charge on any atom is -0.386 e. The number of aryl methyl sites for hydroxylation is 2. The van der Waals surface area contributed by atoms with Crippen LogP contribution in [0.15, 0.2) is 39.9 Å². The van der Waals surface area contributed by atoms with Gasteiger partial charge in [0, 0.05) is 42.2 Å². The highest BCUT2D eigenvalue weighted by Gasteiger charge is 2.36. The Hall–Kier alpha value is -3.00. The number of hydrogen-bond donors (Lipinski definition) is 1. The lowest BCUT2D eigenvalue weighted by Crippen LogP contribution is -2.60. The van der Waals surface area contributed by atoms with Crippen LogP contribution in [0.5, 0.6) is 0 Å². The monoisotopic (exact) mass is 367 g/mol. The maximum atomic E-state index is 12.5. The van der Waals surface area contributed by atoms with E-state index in [0.29, 0.717) is 30.2 Å². The summed E-state index contributed by atoms with van der Waals surface area (Å²) in [5.74, 6) is 0.641. The number of aromatic nitrogens is 4. The third-order valence-corrected chi connectivity index (χ3v) is 4.76. The number of pyridine rings is 1. The first kappa shape index (κ1) is 17.4. The first-order valence-electron chi connectivity index (χ1n) is 8.75. The van der Waals surface area contributed by atoms with Crippen LogP contribution in [0.4, 0.5) is 5.69 Å². The molecule has 0 bridgehead atoms. The summed E-state index contributed by atoms with van der Waals surface area (Å²) in [6, 6.07) is 5.38. The van der Waals surface area contributed by atoms with Crippen molar-refractivity contribution in [1.82, 2.24) is 19.9 Å². The average molecular weight is 367 g/mol. The number of hydrogen-bond acceptors (Lipinski definition) is 7. The Morgan fingerprint density at radius 2 is 2.04 bits per heavy atom. The molecule has 1 saturated heterocycles. The van der Waals surface area contributed by atoms with Crippen LogP contribution in [0, 0.1) is 13.8 Å². The molecule has 1 fully saturated rings. The van der Waals surface area contributed by atoms with Gasteiger partial charge in [-0.15, -0.1) is 0 Å². The van der Waals surface area contributed by atoms with E-state index in [1.807, 2.05) is 30.9 Å². The number of aliphatic hydroxyl groups is 1. The molecule has 0 atom stereocenters. The molecule has 0 radical (unpaired) electrons. The van der Waals surface area contributed by atoms with Gasteiger partial charge in [-0.2, -0.15) is 5.10 Å². The standard InChI is InChI=1S/C19H21N5O3/c1-12-4-5-14(7-20-12)18-16(13(2)27-22-18)9-24-17(25)6-15(8-21-24)23-10-19(3,26)11-23/h4-8,26H,9-11H2,1-3H3. The Kier molecular flexibility index (Phi) is 4.07. The molecule has 1 aliphatic rings. The van der Waals surface area contributed by atoms with Crippen LogP contribution < -0.4 is 10.5 Å². The Bertz CT molecular complexity index is 1030. The van der Waals surface area contributed by atoms with Gasteiger partial charge in [0.05, 0.1) is 24.0 Å². The minimum atomic E-state index is -0.703. The molecule has 3 aromatic rings. The van der Waals surface area contributed by atoms with Crippen LogP contribution in [-0.2, 0) is 6.54 Å². The first-order chi connectivity index (χ1) is 12.8. The molecule has 8 heteroatoms. The molecule has 0 spiro atoms. The highest BCUT2D eigenvalue weighted by molar-refractivity contribution is 5.62. The fraction of sp³-hybridized carbons (Fsp3) is 0.368. The second-order valence-corrected chi connectivity index (χ2v) is 7.32. The molecule has 0 unspecified atom stereocenters. The minimum absolute atomic E-state index is 0.215. The summed E-state index contributed by atoms with van der Waals surface area (Å²) >= 11 is 0. The molecule has 3 aromatic heterocycles. The molecular weight excluding hydrogens is 346 g/mol. The van der Waals surface area contributed by atoms with Gasteiger partial charge in [0.2, 0.25) is 0 Å². The zero-order valence-electron chi connectivity index (χ0n) is 15.5. The van der Waals surface area contributed by atoms with Crippen molar-refractivity contribution in [2.45, 2.75) is 32.9 Å². The molecule has 0 aromatic carbocycles. The van der Waals surface area contributed by atoms with E-state index in [4.69, 9.17) is 4.52 Å². The molecule has 1 aliphatic heterocycles. The summed E-state index contributed by atoms with van der Waals surface area (Å²) in [6.07, 6.45) is 3.39. The lowest BCUT2D eigenvalue weighted by atomic mass is 9.96. The fourth-order valence-electron chi connectivity index (χ4n) is 3.24. The van der Waals surface area contributed by atoms with Crippen LogP contribution >= 0.6 is 0 Å². The van der Waals surface area contributed by atoms with Gasteiger partial charge in [0.15, 0.2) is 0 Å². The van der Waals surface area contributed by atoms with Gasteiger partial charge in [-0.05, 0) is 32.9 Å². The van der Waals surface area contributed by atoms with E-state index in [-0.39, 0.29) is 12.1 Å². The second kappa shape index (κ2) is 6.31. The quantitative estimate of drug-likeness (QED) is 0.747. The number of rotatable bonds is 4. The van der Waals surface area contributed by atoms with Crippen molar-refractivity contribution in [3.8, 4) is 11.3 Å². The van der Waals surface area contributed by atoms with Gasteiger partial charge in [-0.3, -0.25) is 9.78 Å². The van der Waals surface area contributed by atoms with Crippen molar-refractivity contribution < 1.29 is 9.63 Å². The zero-order chi connectivity index (χ0) is 19.2. The van der Waals surface area contributed by atoms with E-state index < -0.39 is 5.60 Å². The van der Waals surface area contributed by atoms with Crippen molar-refractivity contribution in [1.29, 1.82) is 0 Å². The average Bonchev–Trinajstić information content (AvgIpc) is 2.96. The van der Waals surface area contributed by atoms with Gasteiger partial charge >= 0.3 is 0 Å². The summed E-state index contributed by atoms with van der Waals surface area (Å²) < 4.78 is 6.73. The SMILES string of the molecule is Cc1ccc(-c2noc(C)c2Cn2ncc(N3CC(C)(O)C3)cc2=O)cn1. The fourth-order valence-corrected chi connectivity index (χ4v) is 3.24. The van der Waals surface area contributed by atoms with Gasteiger partial charge in [-0.25, -0.2) is 4.68 Å². The topological polar surface area (TPSA) is 97.3 Å². The highest BCUT2D eigenvalue weighted by Crippen LogP contribution is 2.27. The van der Waals surface area contributed by atoms with Crippen molar-refractivity contribution in [2.24, 2.45) is 0 Å². The predicted octanol–water partition coefficient (Wildman–Crippen LogP) is 1.53. The van der Waals surface area contributed by atoms with Crippen LogP contribution in [0.1, 0.15) is 23.9 Å². The van der Waals surface area contributed by atoms with Crippen molar-refractivity contribution in [3.05, 3.63) is 58.0 Å². The van der Waals surface area contributed by atoms with Gasteiger partial charge in [0.25, 0.3) is 5.56 Å². The second-order valence-electron chi connectivity index (χ2n) is 7.32. The lowest BCUT2D eigenvalue weighted by Gasteiger charge is -2.45. The molecule has 27 heavy (non-hydrogen) atoms. The Morgan fingerprint density at radius 3 is 2.67 bits per heavy atom. The molecule has 4 rings (SSSR count). The van der Waals surface area contributed by atoms with Gasteiger partial charge < -0.3 is 14.5 Å². The van der Waals surface area contributed by atoms with E-state index in [9.17, 15) is 9.90 Å². The number of β-amino-alcohol motifs (C(OH)–C–C–N with tert-alkyl or cyclic N) is 1. The van der Waals surface area contributed by atoms with E-state index in [1.54, 1.807) is 19.3 Å². The Labute approximate surface area is 156 Å². The maximum absolute atomic E-state index is 12.5. The number of anilines is 1. The smallest absolute Gasteiger partial charge is 0.269 e. The van der Waals surface area contributed by atoms with E-state index in [1.165, 1.54) is 10.7 Å². The summed E-state index contributed by atoms with van der Waals surface area (Å²) in [4.78, 5) is 18.7. The third kappa shape index (κ3) is 3.35. The predicted molar refractivity (Wildman–Crippen MR) is 99.6 cm³/mol. The van der Waals surface area contributed by atoms with Crippen LogP contribution in [0.25, 0.3) is 11.3 Å². The van der Waals surface area contributed by atoms with Crippen molar-refractivity contribution in [3.63, 3.8) is 0 Å². The largest absolute Gasteiger partial charge is 0.386 e. The lowest BCUT2D eigenvalue weighted by molar-refractivity contribution is 0.0309. The molecule has 1 N–H and O–H groups in total. The van der Waals surface area contributed by atoms with E-state index >= 15 is 0 Å². The van der Waals surface area contributed by atoms with Crippen molar-refractivity contribution >= 4 is 5.69 Å². The first-order valence-corrected chi connectivity index (χ1v) is 8.75. The van der Waals surface area contributed by atoms with Crippen LogP contribution in [0.2, 0.25) is 0 Å². The maximum Gasteiger partial charge on any atom is 0.269 e. The van der Waals surface area contributed by atoms with E-state index in [0.717, 1.165) is 16.8 Å². The summed E-state index contributed by atoms with van der Waals surface area (Å²) in [6.45, 7) is 6.75. The molecule has 4 heterocycles. The zero-order valence-corrected chi connectivity index (χ0v) is 15.5. The summed E-state index contributed by atoms with van der Waals surface area (Å²) in [5, 5.41) is 18.3. The molecule has 0 amide bonds. The van der Waals surface area contributed by atoms with Crippen molar-refractivity contribution in [2.75, 3.05) is 18.0 Å². The highest BCUT2D eigenvalue weighted by atomic mass is 16.5. The Morgan fingerprint density at radius 1 is 1.26 bits per heavy atom. The summed E-state index contributed by atoms with van der Waals surface area (Å²) in [5.41, 5.74) is 3.01.